The van der Waals surface area contributed by atoms with Gasteiger partial charge in [0.15, 0.2) is 0 Å². The van der Waals surface area contributed by atoms with Crippen molar-refractivity contribution in [3.63, 3.8) is 0 Å². The molecule has 2 fully saturated rings. The molecule has 0 aromatic carbocycles. The molecule has 0 radical (unpaired) electrons. The molecular formula is C11H19NO2. The van der Waals surface area contributed by atoms with Crippen LogP contribution in [-0.2, 0) is 4.79 Å². The van der Waals surface area contributed by atoms with E-state index in [1.54, 1.807) is 0 Å². The summed E-state index contributed by atoms with van der Waals surface area (Å²) >= 11 is 0. The van der Waals surface area contributed by atoms with Gasteiger partial charge in [0.05, 0.1) is 0 Å². The third-order valence-electron chi connectivity index (χ3n) is 4.32. The summed E-state index contributed by atoms with van der Waals surface area (Å²) in [5.74, 6) is 1.50. The highest BCUT2D eigenvalue weighted by molar-refractivity contribution is 5.73. The molecular weight excluding hydrogens is 178 g/mol. The second-order valence-corrected chi connectivity index (χ2v) is 5.06. The Hall–Kier alpha value is -0.570. The van der Waals surface area contributed by atoms with E-state index in [0.29, 0.717) is 5.92 Å². The van der Waals surface area contributed by atoms with Crippen LogP contribution in [0.3, 0.4) is 0 Å². The zero-order valence-corrected chi connectivity index (χ0v) is 8.65. The monoisotopic (exact) mass is 197 g/mol. The van der Waals surface area contributed by atoms with Crippen molar-refractivity contribution < 1.29 is 9.90 Å². The molecule has 3 nitrogen and oxygen atoms in total. The lowest BCUT2D eigenvalue weighted by Gasteiger charge is -2.29. The molecule has 2 saturated carbocycles. The molecule has 0 amide bonds. The number of nitrogens with two attached hydrogens (primary N) is 1. The fourth-order valence-corrected chi connectivity index (χ4v) is 3.43. The highest BCUT2D eigenvalue weighted by Gasteiger charge is 2.44. The second kappa shape index (κ2) is 3.54. The molecule has 0 aromatic rings. The van der Waals surface area contributed by atoms with E-state index in [0.717, 1.165) is 11.8 Å². The summed E-state index contributed by atoms with van der Waals surface area (Å²) < 4.78 is 0. The molecule has 2 bridgehead atoms. The first-order valence-electron chi connectivity index (χ1n) is 5.58. The highest BCUT2D eigenvalue weighted by atomic mass is 16.4. The van der Waals surface area contributed by atoms with Crippen molar-refractivity contribution in [3.05, 3.63) is 0 Å². The van der Waals surface area contributed by atoms with Crippen LogP contribution >= 0.6 is 0 Å². The fourth-order valence-electron chi connectivity index (χ4n) is 3.43. The van der Waals surface area contributed by atoms with Gasteiger partial charge < -0.3 is 10.8 Å². The van der Waals surface area contributed by atoms with Crippen molar-refractivity contribution in [3.8, 4) is 0 Å². The summed E-state index contributed by atoms with van der Waals surface area (Å²) in [6.07, 6.45) is 5.19. The van der Waals surface area contributed by atoms with Gasteiger partial charge in [0.1, 0.15) is 6.04 Å². The van der Waals surface area contributed by atoms with Crippen molar-refractivity contribution in [2.24, 2.45) is 29.4 Å². The van der Waals surface area contributed by atoms with Gasteiger partial charge in [-0.25, -0.2) is 0 Å². The van der Waals surface area contributed by atoms with Crippen LogP contribution in [0.4, 0.5) is 0 Å². The Morgan fingerprint density at radius 3 is 2.57 bits per heavy atom. The molecule has 2 aliphatic carbocycles. The molecule has 0 heterocycles. The largest absolute Gasteiger partial charge is 0.480 e. The van der Waals surface area contributed by atoms with Crippen molar-refractivity contribution in [2.75, 3.05) is 0 Å². The first-order valence-corrected chi connectivity index (χ1v) is 5.58. The minimum Gasteiger partial charge on any atom is -0.480 e. The molecule has 0 spiro atoms. The number of hydrogen-bond acceptors (Lipinski definition) is 2. The van der Waals surface area contributed by atoms with Crippen molar-refractivity contribution in [1.29, 1.82) is 0 Å². The lowest BCUT2D eigenvalue weighted by atomic mass is 9.77. The Morgan fingerprint density at radius 1 is 1.43 bits per heavy atom. The molecule has 5 unspecified atom stereocenters. The van der Waals surface area contributed by atoms with Crippen LogP contribution < -0.4 is 5.73 Å². The molecule has 0 saturated heterocycles. The Kier molecular flexibility index (Phi) is 2.52. The van der Waals surface area contributed by atoms with E-state index >= 15 is 0 Å². The van der Waals surface area contributed by atoms with Gasteiger partial charge in [-0.1, -0.05) is 13.3 Å². The predicted molar refractivity (Wildman–Crippen MR) is 53.7 cm³/mol. The van der Waals surface area contributed by atoms with Crippen molar-refractivity contribution in [1.82, 2.24) is 0 Å². The predicted octanol–water partition coefficient (Wildman–Crippen LogP) is 1.47. The summed E-state index contributed by atoms with van der Waals surface area (Å²) in [5.41, 5.74) is 5.67. The summed E-state index contributed by atoms with van der Waals surface area (Å²) in [6, 6.07) is -0.667. The molecule has 80 valence electrons. The van der Waals surface area contributed by atoms with Gasteiger partial charge in [-0.05, 0) is 42.9 Å². The summed E-state index contributed by atoms with van der Waals surface area (Å²) in [6.45, 7) is 2.00. The third-order valence-corrected chi connectivity index (χ3v) is 4.32. The SMILES string of the molecule is CC(C(N)C(=O)O)C1CC2CCC1C2. The Morgan fingerprint density at radius 2 is 2.14 bits per heavy atom. The van der Waals surface area contributed by atoms with E-state index in [1.807, 2.05) is 6.92 Å². The van der Waals surface area contributed by atoms with Crippen molar-refractivity contribution >= 4 is 5.97 Å². The van der Waals surface area contributed by atoms with Gasteiger partial charge in [-0.3, -0.25) is 4.79 Å². The van der Waals surface area contributed by atoms with Gasteiger partial charge in [0, 0.05) is 0 Å². The van der Waals surface area contributed by atoms with Crippen LogP contribution in [0.25, 0.3) is 0 Å². The molecule has 0 aromatic heterocycles. The minimum absolute atomic E-state index is 0.141. The van der Waals surface area contributed by atoms with Crippen molar-refractivity contribution in [2.45, 2.75) is 38.6 Å². The third kappa shape index (κ3) is 1.54. The molecule has 14 heavy (non-hydrogen) atoms. The van der Waals surface area contributed by atoms with Gasteiger partial charge in [0.2, 0.25) is 0 Å². The Labute approximate surface area is 84.7 Å². The molecule has 5 atom stereocenters. The van der Waals surface area contributed by atoms with Crippen LogP contribution in [0.1, 0.15) is 32.6 Å². The standard InChI is InChI=1S/C11H19NO2/c1-6(10(12)11(13)14)9-5-7-2-3-8(9)4-7/h6-10H,2-5,12H2,1H3,(H,13,14). The van der Waals surface area contributed by atoms with Crippen LogP contribution in [0, 0.1) is 23.7 Å². The first-order chi connectivity index (χ1) is 6.59. The van der Waals surface area contributed by atoms with Gasteiger partial charge in [0.25, 0.3) is 0 Å². The first kappa shape index (κ1) is 9.97. The van der Waals surface area contributed by atoms with E-state index in [9.17, 15) is 4.79 Å². The zero-order valence-electron chi connectivity index (χ0n) is 8.65. The Balaban J connectivity index is 1.98. The lowest BCUT2D eigenvalue weighted by Crippen LogP contribution is -2.41. The molecule has 3 heteroatoms. The summed E-state index contributed by atoms with van der Waals surface area (Å²) in [5, 5.41) is 8.86. The van der Waals surface area contributed by atoms with Gasteiger partial charge in [-0.2, -0.15) is 0 Å². The maximum Gasteiger partial charge on any atom is 0.320 e. The molecule has 0 aliphatic heterocycles. The molecule has 2 aliphatic rings. The van der Waals surface area contributed by atoms with Crippen LogP contribution in [-0.4, -0.2) is 17.1 Å². The number of fused-ring (bicyclic) bond motifs is 2. The molecule has 2 rings (SSSR count). The van der Waals surface area contributed by atoms with E-state index in [-0.39, 0.29) is 5.92 Å². The summed E-state index contributed by atoms with van der Waals surface area (Å²) in [7, 11) is 0. The lowest BCUT2D eigenvalue weighted by molar-refractivity contribution is -0.140. The Bertz CT molecular complexity index is 241. The maximum absolute atomic E-state index is 10.8. The van der Waals surface area contributed by atoms with E-state index in [1.165, 1.54) is 25.7 Å². The number of aliphatic carboxylic acids is 1. The number of carbonyl (C=O) groups is 1. The normalized spacial score (nSPS) is 39.7. The van der Waals surface area contributed by atoms with Gasteiger partial charge >= 0.3 is 5.97 Å². The van der Waals surface area contributed by atoms with E-state index in [2.05, 4.69) is 0 Å². The smallest absolute Gasteiger partial charge is 0.320 e. The van der Waals surface area contributed by atoms with Crippen LogP contribution in [0.5, 0.6) is 0 Å². The second-order valence-electron chi connectivity index (χ2n) is 5.06. The van der Waals surface area contributed by atoms with E-state index < -0.39 is 12.0 Å². The quantitative estimate of drug-likeness (QED) is 0.720. The topological polar surface area (TPSA) is 63.3 Å². The number of carboxylic acid groups (broad SMARTS) is 1. The van der Waals surface area contributed by atoms with Crippen LogP contribution in [0.15, 0.2) is 0 Å². The summed E-state index contributed by atoms with van der Waals surface area (Å²) in [4.78, 5) is 10.8. The van der Waals surface area contributed by atoms with Gasteiger partial charge in [-0.15, -0.1) is 0 Å². The number of hydrogen-bond donors (Lipinski definition) is 2. The van der Waals surface area contributed by atoms with Crippen LogP contribution in [0.2, 0.25) is 0 Å². The average molecular weight is 197 g/mol. The fraction of sp³-hybridized carbons (Fsp3) is 0.909. The maximum atomic E-state index is 10.8. The zero-order chi connectivity index (χ0) is 10.3. The average Bonchev–Trinajstić information content (AvgIpc) is 2.76. The number of carboxylic acids is 1. The molecule has 3 N–H and O–H groups in total. The van der Waals surface area contributed by atoms with E-state index in [4.69, 9.17) is 10.8 Å². The number of rotatable bonds is 3. The highest BCUT2D eigenvalue weighted by Crippen LogP contribution is 2.51. The minimum atomic E-state index is -0.847.